The number of halogens is 1. The zero-order valence-corrected chi connectivity index (χ0v) is 11.1. The van der Waals surface area contributed by atoms with Crippen LogP contribution in [0.3, 0.4) is 0 Å². The van der Waals surface area contributed by atoms with Crippen LogP contribution in [-0.4, -0.2) is 5.91 Å². The first-order valence-electron chi connectivity index (χ1n) is 4.79. The Morgan fingerprint density at radius 1 is 1.31 bits per heavy atom. The van der Waals surface area contributed by atoms with Crippen LogP contribution in [0.1, 0.15) is 15.2 Å². The normalized spacial score (nSPS) is 10.1. The third-order valence-corrected chi connectivity index (χ3v) is 4.25. The highest BCUT2D eigenvalue weighted by Crippen LogP contribution is 2.27. The van der Waals surface area contributed by atoms with Gasteiger partial charge in [0.2, 0.25) is 0 Å². The van der Waals surface area contributed by atoms with Crippen molar-refractivity contribution >= 4 is 38.9 Å². The second-order valence-corrected chi connectivity index (χ2v) is 5.76. The van der Waals surface area contributed by atoms with E-state index in [1.165, 1.54) is 11.3 Å². The van der Waals surface area contributed by atoms with E-state index in [2.05, 4.69) is 21.2 Å². The van der Waals surface area contributed by atoms with Gasteiger partial charge in [0.25, 0.3) is 5.91 Å². The number of amides is 1. The van der Waals surface area contributed by atoms with E-state index in [0.29, 0.717) is 4.88 Å². The van der Waals surface area contributed by atoms with Crippen LogP contribution in [0.5, 0.6) is 0 Å². The molecule has 16 heavy (non-hydrogen) atoms. The average Bonchev–Trinajstić information content (AvgIpc) is 2.61. The Morgan fingerprint density at radius 3 is 2.56 bits per heavy atom. The summed E-state index contributed by atoms with van der Waals surface area (Å²) in [5, 5.41) is 2.85. The minimum Gasteiger partial charge on any atom is -0.321 e. The Labute approximate surface area is 106 Å². The lowest BCUT2D eigenvalue weighted by Gasteiger charge is -2.01. The zero-order chi connectivity index (χ0) is 11.5. The molecule has 82 valence electrons. The monoisotopic (exact) mass is 295 g/mol. The maximum Gasteiger partial charge on any atom is 0.265 e. The molecule has 1 N–H and O–H groups in total. The van der Waals surface area contributed by atoms with Crippen LogP contribution in [0.25, 0.3) is 0 Å². The topological polar surface area (TPSA) is 29.1 Å². The van der Waals surface area contributed by atoms with Gasteiger partial charge in [0.1, 0.15) is 0 Å². The number of carbonyl (C=O) groups excluding carboxylic acids is 1. The fourth-order valence-electron chi connectivity index (χ4n) is 1.29. The third-order valence-electron chi connectivity index (χ3n) is 2.11. The molecule has 0 spiro atoms. The summed E-state index contributed by atoms with van der Waals surface area (Å²) in [5.41, 5.74) is 1.90. The lowest BCUT2D eigenvalue weighted by molar-refractivity contribution is 0.103. The number of carbonyl (C=O) groups is 1. The van der Waals surface area contributed by atoms with Crippen molar-refractivity contribution in [3.05, 3.63) is 50.6 Å². The molecular formula is C12H10BrNOS. The van der Waals surface area contributed by atoms with E-state index in [9.17, 15) is 4.79 Å². The van der Waals surface area contributed by atoms with Gasteiger partial charge in [0.15, 0.2) is 0 Å². The predicted octanol–water partition coefficient (Wildman–Crippen LogP) is 4.07. The number of rotatable bonds is 2. The lowest BCUT2D eigenvalue weighted by Crippen LogP contribution is -2.09. The van der Waals surface area contributed by atoms with Crippen molar-refractivity contribution in [1.82, 2.24) is 0 Å². The summed E-state index contributed by atoms with van der Waals surface area (Å²) in [4.78, 5) is 12.6. The van der Waals surface area contributed by atoms with E-state index in [-0.39, 0.29) is 5.91 Å². The second kappa shape index (κ2) is 4.80. The number of hydrogen-bond acceptors (Lipinski definition) is 2. The van der Waals surface area contributed by atoms with Crippen molar-refractivity contribution < 1.29 is 4.79 Å². The largest absolute Gasteiger partial charge is 0.321 e. The quantitative estimate of drug-likeness (QED) is 0.889. The van der Waals surface area contributed by atoms with E-state index >= 15 is 0 Å². The standard InChI is InChI=1S/C12H10BrNOS/c1-8-7-10(16-11(8)13)12(15)14-9-5-3-2-4-6-9/h2-7H,1H3,(H,14,15). The first-order chi connectivity index (χ1) is 7.66. The molecule has 0 aliphatic heterocycles. The van der Waals surface area contributed by atoms with Gasteiger partial charge in [-0.2, -0.15) is 0 Å². The number of anilines is 1. The van der Waals surface area contributed by atoms with Crippen LogP contribution in [0.4, 0.5) is 5.69 Å². The molecule has 0 atom stereocenters. The minimum absolute atomic E-state index is 0.0648. The summed E-state index contributed by atoms with van der Waals surface area (Å²) in [6.07, 6.45) is 0. The maximum absolute atomic E-state index is 11.9. The van der Waals surface area contributed by atoms with E-state index in [1.54, 1.807) is 0 Å². The molecule has 0 unspecified atom stereocenters. The van der Waals surface area contributed by atoms with Crippen molar-refractivity contribution in [3.63, 3.8) is 0 Å². The molecule has 0 aliphatic carbocycles. The summed E-state index contributed by atoms with van der Waals surface area (Å²) >= 11 is 4.85. The number of thiophene rings is 1. The number of nitrogens with one attached hydrogen (secondary N) is 1. The van der Waals surface area contributed by atoms with Crippen molar-refractivity contribution in [2.75, 3.05) is 5.32 Å². The van der Waals surface area contributed by atoms with E-state index < -0.39 is 0 Å². The molecule has 0 radical (unpaired) electrons. The van der Waals surface area contributed by atoms with Gasteiger partial charge in [-0.05, 0) is 46.6 Å². The molecule has 0 aliphatic rings. The van der Waals surface area contributed by atoms with Crippen LogP contribution in [0.15, 0.2) is 40.2 Å². The molecule has 4 heteroatoms. The summed E-state index contributed by atoms with van der Waals surface area (Å²) in [5.74, 6) is -0.0648. The molecule has 0 saturated heterocycles. The van der Waals surface area contributed by atoms with Crippen LogP contribution in [0, 0.1) is 6.92 Å². The Morgan fingerprint density at radius 2 is 2.00 bits per heavy atom. The molecule has 2 aromatic rings. The Hall–Kier alpha value is -1.13. The maximum atomic E-state index is 11.9. The Kier molecular flexibility index (Phi) is 3.41. The summed E-state index contributed by atoms with van der Waals surface area (Å²) < 4.78 is 1.01. The number of aryl methyl sites for hydroxylation is 1. The van der Waals surface area contributed by atoms with Crippen LogP contribution >= 0.6 is 27.3 Å². The molecule has 1 aromatic heterocycles. The van der Waals surface area contributed by atoms with Gasteiger partial charge in [0.05, 0.1) is 8.66 Å². The van der Waals surface area contributed by atoms with Gasteiger partial charge in [-0.1, -0.05) is 18.2 Å². The third kappa shape index (κ3) is 2.51. The van der Waals surface area contributed by atoms with Gasteiger partial charge in [-0.3, -0.25) is 4.79 Å². The summed E-state index contributed by atoms with van der Waals surface area (Å²) in [6.45, 7) is 1.97. The van der Waals surface area contributed by atoms with E-state index in [0.717, 1.165) is 15.0 Å². The summed E-state index contributed by atoms with van der Waals surface area (Å²) in [7, 11) is 0. The fraction of sp³-hybridized carbons (Fsp3) is 0.0833. The molecule has 0 saturated carbocycles. The van der Waals surface area contributed by atoms with E-state index in [4.69, 9.17) is 0 Å². The van der Waals surface area contributed by atoms with Gasteiger partial charge in [-0.15, -0.1) is 11.3 Å². The van der Waals surface area contributed by atoms with Crippen LogP contribution in [-0.2, 0) is 0 Å². The number of hydrogen-bond donors (Lipinski definition) is 1. The molecule has 2 rings (SSSR count). The zero-order valence-electron chi connectivity index (χ0n) is 8.66. The second-order valence-electron chi connectivity index (χ2n) is 3.39. The molecule has 1 aromatic carbocycles. The highest BCUT2D eigenvalue weighted by Gasteiger charge is 2.10. The van der Waals surface area contributed by atoms with Crippen molar-refractivity contribution in [1.29, 1.82) is 0 Å². The minimum atomic E-state index is -0.0648. The molecule has 0 bridgehead atoms. The van der Waals surface area contributed by atoms with Gasteiger partial charge in [0, 0.05) is 5.69 Å². The van der Waals surface area contributed by atoms with E-state index in [1.807, 2.05) is 43.3 Å². The van der Waals surface area contributed by atoms with Gasteiger partial charge >= 0.3 is 0 Å². The molecule has 1 heterocycles. The smallest absolute Gasteiger partial charge is 0.265 e. The Bertz CT molecular complexity index is 487. The fourth-order valence-corrected chi connectivity index (χ4v) is 2.72. The van der Waals surface area contributed by atoms with Gasteiger partial charge < -0.3 is 5.32 Å². The SMILES string of the molecule is Cc1cc(C(=O)Nc2ccccc2)sc1Br. The van der Waals surface area contributed by atoms with Crippen molar-refractivity contribution in [3.8, 4) is 0 Å². The number of benzene rings is 1. The van der Waals surface area contributed by atoms with Crippen molar-refractivity contribution in [2.45, 2.75) is 6.92 Å². The van der Waals surface area contributed by atoms with Gasteiger partial charge in [-0.25, -0.2) is 0 Å². The highest BCUT2D eigenvalue weighted by molar-refractivity contribution is 9.11. The first-order valence-corrected chi connectivity index (χ1v) is 6.40. The summed E-state index contributed by atoms with van der Waals surface area (Å²) in [6, 6.07) is 11.3. The average molecular weight is 296 g/mol. The Balaban J connectivity index is 2.15. The van der Waals surface area contributed by atoms with Crippen LogP contribution < -0.4 is 5.32 Å². The molecule has 1 amide bonds. The number of para-hydroxylation sites is 1. The highest BCUT2D eigenvalue weighted by atomic mass is 79.9. The first kappa shape index (κ1) is 11.4. The molecular weight excluding hydrogens is 286 g/mol. The molecule has 2 nitrogen and oxygen atoms in total. The van der Waals surface area contributed by atoms with Crippen LogP contribution in [0.2, 0.25) is 0 Å². The predicted molar refractivity (Wildman–Crippen MR) is 71.2 cm³/mol. The van der Waals surface area contributed by atoms with Crippen molar-refractivity contribution in [2.24, 2.45) is 0 Å². The molecule has 0 fully saturated rings. The lowest BCUT2D eigenvalue weighted by atomic mass is 10.3.